The molecule has 0 fully saturated rings. The standard InChI is InChI=1S/C18H25N3OS/c1-12-7-9-16(10-8-12)23-15(4)18(22)19-11-5-6-17-13(2)20-21-14(17)3/h7-10,15H,5-6,11H2,1-4H3,(H,19,22)(H,20,21). The van der Waals surface area contributed by atoms with Crippen LogP contribution in [0.5, 0.6) is 0 Å². The minimum Gasteiger partial charge on any atom is -0.355 e. The van der Waals surface area contributed by atoms with E-state index in [-0.39, 0.29) is 11.2 Å². The number of nitrogens with zero attached hydrogens (tertiary/aromatic N) is 1. The van der Waals surface area contributed by atoms with E-state index in [9.17, 15) is 4.79 Å². The Hall–Kier alpha value is -1.75. The molecule has 124 valence electrons. The molecule has 0 saturated carbocycles. The van der Waals surface area contributed by atoms with E-state index in [0.717, 1.165) is 29.1 Å². The highest BCUT2D eigenvalue weighted by atomic mass is 32.2. The summed E-state index contributed by atoms with van der Waals surface area (Å²) in [6.07, 6.45) is 1.86. The van der Waals surface area contributed by atoms with Crippen LogP contribution in [0.4, 0.5) is 0 Å². The maximum Gasteiger partial charge on any atom is 0.233 e. The molecule has 2 rings (SSSR count). The number of thioether (sulfide) groups is 1. The van der Waals surface area contributed by atoms with Crippen molar-refractivity contribution in [3.63, 3.8) is 0 Å². The van der Waals surface area contributed by atoms with Gasteiger partial charge in [-0.1, -0.05) is 17.7 Å². The van der Waals surface area contributed by atoms with Crippen molar-refractivity contribution in [1.29, 1.82) is 0 Å². The average molecular weight is 331 g/mol. The summed E-state index contributed by atoms with van der Waals surface area (Å²) < 4.78 is 0. The first-order chi connectivity index (χ1) is 11.0. The van der Waals surface area contributed by atoms with Crippen molar-refractivity contribution in [3.05, 3.63) is 46.8 Å². The van der Waals surface area contributed by atoms with Gasteiger partial charge in [0.05, 0.1) is 10.9 Å². The van der Waals surface area contributed by atoms with Gasteiger partial charge in [0, 0.05) is 17.1 Å². The fraction of sp³-hybridized carbons (Fsp3) is 0.444. The van der Waals surface area contributed by atoms with E-state index in [1.165, 1.54) is 11.1 Å². The van der Waals surface area contributed by atoms with Crippen LogP contribution in [0.1, 0.15) is 35.9 Å². The van der Waals surface area contributed by atoms with Crippen LogP contribution in [0.2, 0.25) is 0 Å². The van der Waals surface area contributed by atoms with Crippen molar-refractivity contribution in [2.24, 2.45) is 0 Å². The fourth-order valence-corrected chi connectivity index (χ4v) is 3.33. The number of rotatable bonds is 7. The maximum absolute atomic E-state index is 12.2. The number of aromatic nitrogens is 2. The highest BCUT2D eigenvalue weighted by Crippen LogP contribution is 2.23. The van der Waals surface area contributed by atoms with Crippen LogP contribution >= 0.6 is 11.8 Å². The van der Waals surface area contributed by atoms with Gasteiger partial charge in [-0.25, -0.2) is 0 Å². The molecule has 0 saturated heterocycles. The summed E-state index contributed by atoms with van der Waals surface area (Å²) in [5, 5.41) is 10.1. The topological polar surface area (TPSA) is 57.8 Å². The Balaban J connectivity index is 1.72. The van der Waals surface area contributed by atoms with E-state index in [2.05, 4.69) is 46.7 Å². The largest absolute Gasteiger partial charge is 0.355 e. The summed E-state index contributed by atoms with van der Waals surface area (Å²) in [5.41, 5.74) is 4.67. The minimum atomic E-state index is -0.0879. The SMILES string of the molecule is Cc1ccc(SC(C)C(=O)NCCCc2c(C)n[nH]c2C)cc1. The molecule has 1 aromatic heterocycles. The number of aryl methyl sites for hydroxylation is 3. The normalized spacial score (nSPS) is 12.2. The molecule has 1 unspecified atom stereocenters. The Morgan fingerprint density at radius 3 is 2.57 bits per heavy atom. The third-order valence-electron chi connectivity index (χ3n) is 3.89. The molecule has 23 heavy (non-hydrogen) atoms. The molecular formula is C18H25N3OS. The third kappa shape index (κ3) is 5.13. The number of benzene rings is 1. The highest BCUT2D eigenvalue weighted by molar-refractivity contribution is 8.00. The van der Waals surface area contributed by atoms with Gasteiger partial charge in [0.1, 0.15) is 0 Å². The van der Waals surface area contributed by atoms with E-state index < -0.39 is 0 Å². The summed E-state index contributed by atoms with van der Waals surface area (Å²) >= 11 is 1.59. The molecule has 2 N–H and O–H groups in total. The van der Waals surface area contributed by atoms with Gasteiger partial charge in [0.15, 0.2) is 0 Å². The Bertz CT molecular complexity index is 629. The number of hydrogen-bond donors (Lipinski definition) is 2. The third-order valence-corrected chi connectivity index (χ3v) is 5.00. The van der Waals surface area contributed by atoms with Crippen LogP contribution in [0.25, 0.3) is 0 Å². The van der Waals surface area contributed by atoms with Crippen LogP contribution in [0.3, 0.4) is 0 Å². The van der Waals surface area contributed by atoms with E-state index in [0.29, 0.717) is 6.54 Å². The second kappa shape index (κ2) is 8.20. The second-order valence-electron chi connectivity index (χ2n) is 5.88. The fourth-order valence-electron chi connectivity index (χ4n) is 2.44. The number of amides is 1. The number of hydrogen-bond acceptors (Lipinski definition) is 3. The maximum atomic E-state index is 12.2. The molecule has 1 heterocycles. The lowest BCUT2D eigenvalue weighted by Gasteiger charge is -2.12. The van der Waals surface area contributed by atoms with Gasteiger partial charge in [0.25, 0.3) is 0 Å². The molecule has 0 spiro atoms. The summed E-state index contributed by atoms with van der Waals surface area (Å²) in [5.74, 6) is 0.0937. The van der Waals surface area contributed by atoms with Crippen LogP contribution in [-0.2, 0) is 11.2 Å². The summed E-state index contributed by atoms with van der Waals surface area (Å²) in [6.45, 7) is 8.76. The number of carbonyl (C=O) groups is 1. The molecule has 1 amide bonds. The molecule has 5 heteroatoms. The van der Waals surface area contributed by atoms with Crippen LogP contribution in [0, 0.1) is 20.8 Å². The van der Waals surface area contributed by atoms with Gasteiger partial charge >= 0.3 is 0 Å². The van der Waals surface area contributed by atoms with Crippen LogP contribution in [-0.4, -0.2) is 27.9 Å². The van der Waals surface area contributed by atoms with Crippen molar-refractivity contribution >= 4 is 17.7 Å². The van der Waals surface area contributed by atoms with E-state index >= 15 is 0 Å². The Morgan fingerprint density at radius 2 is 1.96 bits per heavy atom. The Labute approximate surface area is 142 Å². The predicted molar refractivity (Wildman–Crippen MR) is 95.9 cm³/mol. The van der Waals surface area contributed by atoms with Crippen molar-refractivity contribution in [3.8, 4) is 0 Å². The first-order valence-electron chi connectivity index (χ1n) is 7.99. The number of aromatic amines is 1. The molecule has 0 aliphatic carbocycles. The van der Waals surface area contributed by atoms with E-state index in [1.807, 2.05) is 20.8 Å². The molecule has 1 aromatic carbocycles. The van der Waals surface area contributed by atoms with Crippen LogP contribution < -0.4 is 5.32 Å². The smallest absolute Gasteiger partial charge is 0.233 e. The lowest BCUT2D eigenvalue weighted by Crippen LogP contribution is -2.31. The molecule has 0 radical (unpaired) electrons. The quantitative estimate of drug-likeness (QED) is 0.602. The van der Waals surface area contributed by atoms with Gasteiger partial charge in [-0.3, -0.25) is 9.89 Å². The lowest BCUT2D eigenvalue weighted by atomic mass is 10.1. The van der Waals surface area contributed by atoms with Gasteiger partial charge in [-0.2, -0.15) is 5.10 Å². The molecule has 0 aliphatic heterocycles. The van der Waals surface area contributed by atoms with Crippen molar-refractivity contribution in [2.45, 2.75) is 50.7 Å². The van der Waals surface area contributed by atoms with Gasteiger partial charge in [-0.05, 0) is 58.2 Å². The van der Waals surface area contributed by atoms with Gasteiger partial charge < -0.3 is 5.32 Å². The zero-order valence-corrected chi connectivity index (χ0v) is 15.1. The molecule has 2 aromatic rings. The Morgan fingerprint density at radius 1 is 1.26 bits per heavy atom. The lowest BCUT2D eigenvalue weighted by molar-refractivity contribution is -0.120. The van der Waals surface area contributed by atoms with E-state index in [1.54, 1.807) is 11.8 Å². The van der Waals surface area contributed by atoms with Crippen molar-refractivity contribution in [2.75, 3.05) is 6.54 Å². The first kappa shape index (κ1) is 17.6. The van der Waals surface area contributed by atoms with Crippen molar-refractivity contribution in [1.82, 2.24) is 15.5 Å². The van der Waals surface area contributed by atoms with Crippen molar-refractivity contribution < 1.29 is 4.79 Å². The molecule has 0 aliphatic rings. The Kier molecular flexibility index (Phi) is 6.28. The minimum absolute atomic E-state index is 0.0879. The predicted octanol–water partition coefficient (Wildman–Crippen LogP) is 3.56. The molecule has 1 atom stereocenters. The highest BCUT2D eigenvalue weighted by Gasteiger charge is 2.14. The summed E-state index contributed by atoms with van der Waals surface area (Å²) in [7, 11) is 0. The zero-order valence-electron chi connectivity index (χ0n) is 14.3. The zero-order chi connectivity index (χ0) is 16.8. The first-order valence-corrected chi connectivity index (χ1v) is 8.87. The second-order valence-corrected chi connectivity index (χ2v) is 7.29. The molecule has 4 nitrogen and oxygen atoms in total. The average Bonchev–Trinajstić information content (AvgIpc) is 2.85. The summed E-state index contributed by atoms with van der Waals surface area (Å²) in [4.78, 5) is 13.3. The number of nitrogens with one attached hydrogen (secondary N) is 2. The molecule has 0 bridgehead atoms. The van der Waals surface area contributed by atoms with Crippen LogP contribution in [0.15, 0.2) is 29.2 Å². The molecular weight excluding hydrogens is 306 g/mol. The number of H-pyrrole nitrogens is 1. The number of carbonyl (C=O) groups excluding carboxylic acids is 1. The van der Waals surface area contributed by atoms with Gasteiger partial charge in [0.2, 0.25) is 5.91 Å². The monoisotopic (exact) mass is 331 g/mol. The van der Waals surface area contributed by atoms with Gasteiger partial charge in [-0.15, -0.1) is 11.8 Å². The summed E-state index contributed by atoms with van der Waals surface area (Å²) in [6, 6.07) is 8.27. The van der Waals surface area contributed by atoms with E-state index in [4.69, 9.17) is 0 Å².